The predicted molar refractivity (Wildman–Crippen MR) is 138 cm³/mol. The van der Waals surface area contributed by atoms with Gasteiger partial charge in [-0.1, -0.05) is 67.6 Å². The molecule has 2 aromatic rings. The standard InChI is InChI=1S/C27H35ClN2O2S/c1-3-25(27(32)29-23-7-5-4-6-8-23)30(19-21-11-9-20(2)10-12-21)26(31)17-18-33-24-15-13-22(28)14-16-24/h9-16,23,25H,3-8,17-19H2,1-2H3,(H,29,32). The van der Waals surface area contributed by atoms with E-state index in [4.69, 9.17) is 11.6 Å². The van der Waals surface area contributed by atoms with E-state index in [2.05, 4.69) is 17.4 Å². The lowest BCUT2D eigenvalue weighted by Gasteiger charge is -2.33. The van der Waals surface area contributed by atoms with E-state index in [-0.39, 0.29) is 17.9 Å². The third-order valence-electron chi connectivity index (χ3n) is 6.21. The molecule has 2 aromatic carbocycles. The van der Waals surface area contributed by atoms with Crippen LogP contribution < -0.4 is 5.32 Å². The molecule has 1 atom stereocenters. The van der Waals surface area contributed by atoms with Crippen LogP contribution in [0.5, 0.6) is 0 Å². The Hall–Kier alpha value is -1.98. The Morgan fingerprint density at radius 1 is 1.06 bits per heavy atom. The number of amides is 2. The van der Waals surface area contributed by atoms with Crippen molar-refractivity contribution in [3.05, 3.63) is 64.7 Å². The number of nitrogens with zero attached hydrogens (tertiary/aromatic N) is 1. The molecule has 2 amide bonds. The van der Waals surface area contributed by atoms with E-state index in [1.54, 1.807) is 16.7 Å². The summed E-state index contributed by atoms with van der Waals surface area (Å²) in [5.41, 5.74) is 2.22. The number of thioether (sulfide) groups is 1. The molecule has 1 N–H and O–H groups in total. The van der Waals surface area contributed by atoms with Crippen LogP contribution in [0.2, 0.25) is 5.02 Å². The largest absolute Gasteiger partial charge is 0.352 e. The van der Waals surface area contributed by atoms with Gasteiger partial charge in [0.2, 0.25) is 11.8 Å². The third-order valence-corrected chi connectivity index (χ3v) is 7.48. The third kappa shape index (κ3) is 8.08. The van der Waals surface area contributed by atoms with Gasteiger partial charge in [0.15, 0.2) is 0 Å². The van der Waals surface area contributed by atoms with Crippen LogP contribution in [-0.2, 0) is 16.1 Å². The van der Waals surface area contributed by atoms with Crippen molar-refractivity contribution < 1.29 is 9.59 Å². The number of aryl methyl sites for hydroxylation is 1. The zero-order valence-electron chi connectivity index (χ0n) is 19.7. The first-order valence-electron chi connectivity index (χ1n) is 12.0. The summed E-state index contributed by atoms with van der Waals surface area (Å²) in [7, 11) is 0. The van der Waals surface area contributed by atoms with E-state index in [1.165, 1.54) is 12.0 Å². The van der Waals surface area contributed by atoms with Gasteiger partial charge in [0, 0.05) is 34.7 Å². The van der Waals surface area contributed by atoms with Crippen LogP contribution in [0.3, 0.4) is 0 Å². The molecule has 3 rings (SSSR count). The Bertz CT molecular complexity index is 895. The highest BCUT2D eigenvalue weighted by Crippen LogP contribution is 2.23. The van der Waals surface area contributed by atoms with Crippen LogP contribution in [0.4, 0.5) is 0 Å². The lowest BCUT2D eigenvalue weighted by atomic mass is 9.95. The Labute approximate surface area is 207 Å². The molecule has 0 aromatic heterocycles. The van der Waals surface area contributed by atoms with Crippen LogP contribution in [0.1, 0.15) is 63.0 Å². The quantitative estimate of drug-likeness (QED) is 0.396. The monoisotopic (exact) mass is 486 g/mol. The predicted octanol–water partition coefficient (Wildman–Crippen LogP) is 6.39. The van der Waals surface area contributed by atoms with E-state index in [9.17, 15) is 9.59 Å². The van der Waals surface area contributed by atoms with Gasteiger partial charge in [0.05, 0.1) is 0 Å². The van der Waals surface area contributed by atoms with Crippen LogP contribution in [0.15, 0.2) is 53.4 Å². The number of nitrogens with one attached hydrogen (secondary N) is 1. The molecule has 0 aliphatic heterocycles. The second-order valence-corrected chi connectivity index (χ2v) is 10.4. The molecule has 0 bridgehead atoms. The van der Waals surface area contributed by atoms with E-state index in [0.717, 1.165) is 36.1 Å². The molecule has 1 fully saturated rings. The van der Waals surface area contributed by atoms with Crippen LogP contribution in [0, 0.1) is 6.92 Å². The minimum Gasteiger partial charge on any atom is -0.352 e. The van der Waals surface area contributed by atoms with Crippen molar-refractivity contribution >= 4 is 35.2 Å². The van der Waals surface area contributed by atoms with Crippen molar-refractivity contribution in [2.75, 3.05) is 5.75 Å². The number of benzene rings is 2. The fourth-order valence-electron chi connectivity index (χ4n) is 4.28. The summed E-state index contributed by atoms with van der Waals surface area (Å²) in [6.45, 7) is 4.48. The van der Waals surface area contributed by atoms with Gasteiger partial charge in [-0.2, -0.15) is 0 Å². The summed E-state index contributed by atoms with van der Waals surface area (Å²) in [4.78, 5) is 29.5. The first-order chi connectivity index (χ1) is 16.0. The molecule has 0 heterocycles. The second kappa shape index (κ2) is 13.0. The number of carbonyl (C=O) groups is 2. The Kier molecular flexibility index (Phi) is 10.1. The van der Waals surface area contributed by atoms with Crippen LogP contribution in [-0.4, -0.2) is 34.6 Å². The number of rotatable bonds is 10. The van der Waals surface area contributed by atoms with Gasteiger partial charge in [-0.25, -0.2) is 0 Å². The Balaban J connectivity index is 1.68. The SMILES string of the molecule is CCC(C(=O)NC1CCCCC1)N(Cc1ccc(C)cc1)C(=O)CCSc1ccc(Cl)cc1. The molecule has 178 valence electrons. The van der Waals surface area contributed by atoms with Gasteiger partial charge < -0.3 is 10.2 Å². The van der Waals surface area contributed by atoms with E-state index < -0.39 is 6.04 Å². The summed E-state index contributed by atoms with van der Waals surface area (Å²) in [6.07, 6.45) is 6.61. The summed E-state index contributed by atoms with van der Waals surface area (Å²) in [5.74, 6) is 0.656. The number of carbonyl (C=O) groups excluding carboxylic acids is 2. The summed E-state index contributed by atoms with van der Waals surface area (Å²) < 4.78 is 0. The zero-order chi connectivity index (χ0) is 23.6. The first kappa shape index (κ1) is 25.6. The van der Waals surface area contributed by atoms with Crippen molar-refractivity contribution in [3.8, 4) is 0 Å². The minimum atomic E-state index is -0.457. The molecule has 1 aliphatic carbocycles. The average Bonchev–Trinajstić information content (AvgIpc) is 2.82. The maximum atomic E-state index is 13.4. The molecular formula is C27H35ClN2O2S. The summed E-state index contributed by atoms with van der Waals surface area (Å²) in [5, 5.41) is 3.94. The molecule has 0 radical (unpaired) electrons. The lowest BCUT2D eigenvalue weighted by Crippen LogP contribution is -2.51. The molecule has 1 aliphatic rings. The maximum Gasteiger partial charge on any atom is 0.243 e. The van der Waals surface area contributed by atoms with Gasteiger partial charge in [-0.05, 0) is 56.0 Å². The Morgan fingerprint density at radius 3 is 2.36 bits per heavy atom. The maximum absolute atomic E-state index is 13.4. The van der Waals surface area contributed by atoms with Crippen molar-refractivity contribution in [1.82, 2.24) is 10.2 Å². The second-order valence-electron chi connectivity index (χ2n) is 8.83. The molecule has 1 unspecified atom stereocenters. The molecule has 33 heavy (non-hydrogen) atoms. The molecule has 1 saturated carbocycles. The molecule has 4 nitrogen and oxygen atoms in total. The van der Waals surface area contributed by atoms with Crippen molar-refractivity contribution in [2.24, 2.45) is 0 Å². The highest BCUT2D eigenvalue weighted by molar-refractivity contribution is 7.99. The van der Waals surface area contributed by atoms with Gasteiger partial charge in [0.25, 0.3) is 0 Å². The molecule has 0 spiro atoms. The van der Waals surface area contributed by atoms with Crippen LogP contribution >= 0.6 is 23.4 Å². The van der Waals surface area contributed by atoms with Crippen molar-refractivity contribution in [1.29, 1.82) is 0 Å². The lowest BCUT2D eigenvalue weighted by molar-refractivity contribution is -0.141. The number of halogens is 1. The summed E-state index contributed by atoms with van der Waals surface area (Å²) >= 11 is 7.60. The smallest absolute Gasteiger partial charge is 0.243 e. The molecular weight excluding hydrogens is 452 g/mol. The van der Waals surface area contributed by atoms with E-state index >= 15 is 0 Å². The van der Waals surface area contributed by atoms with Crippen molar-refractivity contribution in [3.63, 3.8) is 0 Å². The zero-order valence-corrected chi connectivity index (χ0v) is 21.3. The summed E-state index contributed by atoms with van der Waals surface area (Å²) in [6, 6.07) is 15.6. The number of hydrogen-bond donors (Lipinski definition) is 1. The van der Waals surface area contributed by atoms with Gasteiger partial charge >= 0.3 is 0 Å². The molecule has 0 saturated heterocycles. The topological polar surface area (TPSA) is 49.4 Å². The van der Waals surface area contributed by atoms with E-state index in [1.807, 2.05) is 50.2 Å². The number of hydrogen-bond acceptors (Lipinski definition) is 3. The van der Waals surface area contributed by atoms with Gasteiger partial charge in [0.1, 0.15) is 6.04 Å². The first-order valence-corrected chi connectivity index (χ1v) is 13.4. The fraction of sp³-hybridized carbons (Fsp3) is 0.481. The Morgan fingerprint density at radius 2 is 1.73 bits per heavy atom. The normalized spacial score (nSPS) is 15.1. The minimum absolute atomic E-state index is 0.0164. The van der Waals surface area contributed by atoms with E-state index in [0.29, 0.717) is 30.2 Å². The van der Waals surface area contributed by atoms with Gasteiger partial charge in [-0.3, -0.25) is 9.59 Å². The average molecular weight is 487 g/mol. The fourth-order valence-corrected chi connectivity index (χ4v) is 5.25. The van der Waals surface area contributed by atoms with Gasteiger partial charge in [-0.15, -0.1) is 11.8 Å². The van der Waals surface area contributed by atoms with Crippen molar-refractivity contribution in [2.45, 2.75) is 82.3 Å². The van der Waals surface area contributed by atoms with Crippen LogP contribution in [0.25, 0.3) is 0 Å². The highest BCUT2D eigenvalue weighted by atomic mass is 35.5. The highest BCUT2D eigenvalue weighted by Gasteiger charge is 2.30. The molecule has 6 heteroatoms.